The van der Waals surface area contributed by atoms with Crippen molar-refractivity contribution >= 4 is 41.0 Å². The molecule has 3 aromatic rings. The van der Waals surface area contributed by atoms with Crippen LogP contribution in [0.4, 0.5) is 4.79 Å². The maximum absolute atomic E-state index is 14.6. The van der Waals surface area contributed by atoms with Crippen molar-refractivity contribution in [3.05, 3.63) is 93.5 Å². The largest absolute Gasteiger partial charge is 0.497 e. The lowest BCUT2D eigenvalue weighted by Gasteiger charge is -2.39. The molecule has 0 bridgehead atoms. The van der Waals surface area contributed by atoms with Gasteiger partial charge in [0.2, 0.25) is 5.91 Å². The summed E-state index contributed by atoms with van der Waals surface area (Å²) in [5, 5.41) is 1.21. The molecule has 220 valence electrons. The van der Waals surface area contributed by atoms with Gasteiger partial charge in [-0.2, -0.15) is 0 Å². The molecule has 5 rings (SSSR count). The fraction of sp³-hybridized carbons (Fsp3) is 0.344. The Morgan fingerprint density at radius 1 is 0.857 bits per heavy atom. The Bertz CT molecular complexity index is 1470. The highest BCUT2D eigenvalue weighted by atomic mass is 35.5. The molecule has 3 aromatic carbocycles. The maximum Gasteiger partial charge on any atom is 0.326 e. The molecule has 0 radical (unpaired) electrons. The molecular formula is C32H34Cl2N4O4. The first-order valence-corrected chi connectivity index (χ1v) is 14.7. The van der Waals surface area contributed by atoms with Crippen molar-refractivity contribution < 1.29 is 19.1 Å². The van der Waals surface area contributed by atoms with Gasteiger partial charge in [-0.15, -0.1) is 0 Å². The molecule has 0 saturated carbocycles. The van der Waals surface area contributed by atoms with Gasteiger partial charge in [-0.1, -0.05) is 47.5 Å². The van der Waals surface area contributed by atoms with E-state index in [2.05, 4.69) is 0 Å². The molecule has 2 atom stereocenters. The molecular weight excluding hydrogens is 575 g/mol. The van der Waals surface area contributed by atoms with E-state index in [1.54, 1.807) is 28.7 Å². The third kappa shape index (κ3) is 6.20. The molecule has 10 heteroatoms. The highest BCUT2D eigenvalue weighted by Gasteiger charge is 2.45. The third-order valence-electron chi connectivity index (χ3n) is 7.48. The molecule has 3 amide bonds. The molecule has 1 unspecified atom stereocenters. The van der Waals surface area contributed by atoms with Crippen LogP contribution >= 0.6 is 23.2 Å². The Morgan fingerprint density at radius 3 is 1.98 bits per heavy atom. The summed E-state index contributed by atoms with van der Waals surface area (Å²) in [4.78, 5) is 37.1. The number of amides is 3. The second kappa shape index (κ2) is 12.6. The fourth-order valence-corrected chi connectivity index (χ4v) is 5.64. The SMILES string of the molecule is COc1ccc(C2=NC(c3ccc(Cl)cc3)[C@@H](c3ccc(Cl)cc3)N2C(=O)N2CCN(C(C)=O)CC2)c(OC(C)C)c1. The molecule has 42 heavy (non-hydrogen) atoms. The van der Waals surface area contributed by atoms with Crippen LogP contribution in [0.3, 0.4) is 0 Å². The van der Waals surface area contributed by atoms with Gasteiger partial charge in [0.15, 0.2) is 0 Å². The van der Waals surface area contributed by atoms with Crippen molar-refractivity contribution in [2.24, 2.45) is 4.99 Å². The fourth-order valence-electron chi connectivity index (χ4n) is 5.39. The number of urea groups is 1. The Kier molecular flexibility index (Phi) is 8.94. The van der Waals surface area contributed by atoms with Crippen molar-refractivity contribution in [1.82, 2.24) is 14.7 Å². The highest BCUT2D eigenvalue weighted by molar-refractivity contribution is 6.30. The second-order valence-corrected chi connectivity index (χ2v) is 11.5. The van der Waals surface area contributed by atoms with E-state index in [0.717, 1.165) is 11.1 Å². The lowest BCUT2D eigenvalue weighted by molar-refractivity contribution is -0.130. The van der Waals surface area contributed by atoms with E-state index in [1.165, 1.54) is 0 Å². The number of nitrogens with zero attached hydrogens (tertiary/aromatic N) is 4. The van der Waals surface area contributed by atoms with Gasteiger partial charge in [0.1, 0.15) is 23.4 Å². The standard InChI is InChI=1S/C32H34Cl2N4O4/c1-20(2)42-28-19-26(41-4)13-14-27(28)31-35-29(22-5-9-24(33)10-6-22)30(23-7-11-25(34)12-8-23)38(31)32(40)37-17-15-36(16-18-37)21(3)39/h5-14,19-20,29-30H,15-18H2,1-4H3/t29?,30-/m1/s1. The zero-order valence-electron chi connectivity index (χ0n) is 24.1. The number of hydrogen-bond acceptors (Lipinski definition) is 5. The molecule has 2 aliphatic rings. The van der Waals surface area contributed by atoms with E-state index in [1.807, 2.05) is 80.6 Å². The number of carbonyl (C=O) groups excluding carboxylic acids is 2. The Balaban J connectivity index is 1.66. The van der Waals surface area contributed by atoms with Gasteiger partial charge in [0.05, 0.1) is 24.8 Å². The van der Waals surface area contributed by atoms with Crippen LogP contribution in [0.5, 0.6) is 11.5 Å². The lowest BCUT2D eigenvalue weighted by Crippen LogP contribution is -2.54. The van der Waals surface area contributed by atoms with Crippen molar-refractivity contribution in [2.45, 2.75) is 39.0 Å². The number of rotatable bonds is 6. The predicted octanol–water partition coefficient (Wildman–Crippen LogP) is 6.62. The second-order valence-electron chi connectivity index (χ2n) is 10.6. The van der Waals surface area contributed by atoms with Crippen LogP contribution in [0, 0.1) is 0 Å². The quantitative estimate of drug-likeness (QED) is 0.315. The lowest BCUT2D eigenvalue weighted by atomic mass is 9.93. The van der Waals surface area contributed by atoms with Crippen molar-refractivity contribution in [1.29, 1.82) is 0 Å². The Labute approximate surface area is 256 Å². The molecule has 2 heterocycles. The molecule has 1 fully saturated rings. The van der Waals surface area contributed by atoms with E-state index in [4.69, 9.17) is 37.7 Å². The summed E-state index contributed by atoms with van der Waals surface area (Å²) in [6.07, 6.45) is -0.124. The number of methoxy groups -OCH3 is 1. The van der Waals surface area contributed by atoms with Gasteiger partial charge < -0.3 is 19.3 Å². The normalized spacial score (nSPS) is 18.7. The number of hydrogen-bond donors (Lipinski definition) is 0. The monoisotopic (exact) mass is 608 g/mol. The summed E-state index contributed by atoms with van der Waals surface area (Å²) in [6.45, 7) is 7.22. The number of carbonyl (C=O) groups is 2. The zero-order valence-corrected chi connectivity index (χ0v) is 25.6. The van der Waals surface area contributed by atoms with Crippen LogP contribution in [-0.2, 0) is 4.79 Å². The molecule has 2 aliphatic heterocycles. The predicted molar refractivity (Wildman–Crippen MR) is 165 cm³/mol. The number of piperazine rings is 1. The number of halogens is 2. The van der Waals surface area contributed by atoms with Crippen LogP contribution in [0.15, 0.2) is 71.7 Å². The van der Waals surface area contributed by atoms with E-state index < -0.39 is 12.1 Å². The van der Waals surface area contributed by atoms with Gasteiger partial charge in [0, 0.05) is 49.2 Å². The summed E-state index contributed by atoms with van der Waals surface area (Å²) in [5.41, 5.74) is 2.47. The summed E-state index contributed by atoms with van der Waals surface area (Å²) >= 11 is 12.5. The minimum Gasteiger partial charge on any atom is -0.497 e. The van der Waals surface area contributed by atoms with Gasteiger partial charge in [-0.25, -0.2) is 4.79 Å². The van der Waals surface area contributed by atoms with Crippen LogP contribution in [-0.4, -0.2) is 71.9 Å². The number of ether oxygens (including phenoxy) is 2. The first-order valence-electron chi connectivity index (χ1n) is 13.9. The first kappa shape index (κ1) is 29.7. The van der Waals surface area contributed by atoms with Gasteiger partial charge in [-0.3, -0.25) is 14.7 Å². The van der Waals surface area contributed by atoms with E-state index in [0.29, 0.717) is 59.1 Å². The highest BCUT2D eigenvalue weighted by Crippen LogP contribution is 2.46. The Hall–Kier alpha value is -3.75. The minimum absolute atomic E-state index is 0.000995. The Morgan fingerprint density at radius 2 is 1.43 bits per heavy atom. The molecule has 0 spiro atoms. The first-order chi connectivity index (χ1) is 20.2. The molecule has 8 nitrogen and oxygen atoms in total. The third-order valence-corrected chi connectivity index (χ3v) is 7.99. The molecule has 1 saturated heterocycles. The van der Waals surface area contributed by atoms with Crippen molar-refractivity contribution in [3.8, 4) is 11.5 Å². The van der Waals surface area contributed by atoms with Crippen LogP contribution in [0.25, 0.3) is 0 Å². The average molecular weight is 610 g/mol. The average Bonchev–Trinajstić information content (AvgIpc) is 3.37. The molecule has 0 aromatic heterocycles. The maximum atomic E-state index is 14.6. The van der Waals surface area contributed by atoms with E-state index in [9.17, 15) is 9.59 Å². The molecule has 0 N–H and O–H groups in total. The summed E-state index contributed by atoms with van der Waals surface area (Å²) in [7, 11) is 1.60. The molecule has 0 aliphatic carbocycles. The van der Waals surface area contributed by atoms with Crippen LogP contribution in [0.1, 0.15) is 49.5 Å². The van der Waals surface area contributed by atoms with E-state index >= 15 is 0 Å². The summed E-state index contributed by atoms with van der Waals surface area (Å²) < 4.78 is 11.7. The van der Waals surface area contributed by atoms with Gasteiger partial charge in [0.25, 0.3) is 0 Å². The number of aliphatic imine (C=N–C) groups is 1. The zero-order chi connectivity index (χ0) is 30.0. The smallest absolute Gasteiger partial charge is 0.326 e. The van der Waals surface area contributed by atoms with E-state index in [-0.39, 0.29) is 18.0 Å². The summed E-state index contributed by atoms with van der Waals surface area (Å²) in [5.74, 6) is 1.69. The van der Waals surface area contributed by atoms with Crippen LogP contribution in [0.2, 0.25) is 10.0 Å². The number of amidine groups is 1. The van der Waals surface area contributed by atoms with Crippen molar-refractivity contribution in [2.75, 3.05) is 33.3 Å². The topological polar surface area (TPSA) is 74.7 Å². The number of benzene rings is 3. The van der Waals surface area contributed by atoms with Crippen LogP contribution < -0.4 is 9.47 Å². The van der Waals surface area contributed by atoms with Crippen molar-refractivity contribution in [3.63, 3.8) is 0 Å². The summed E-state index contributed by atoms with van der Waals surface area (Å²) in [6, 6.07) is 19.5. The van der Waals surface area contributed by atoms with Gasteiger partial charge >= 0.3 is 6.03 Å². The van der Waals surface area contributed by atoms with Gasteiger partial charge in [-0.05, 0) is 61.4 Å². The minimum atomic E-state index is -0.481.